The Morgan fingerprint density at radius 2 is 2.15 bits per heavy atom. The van der Waals surface area contributed by atoms with Crippen molar-refractivity contribution in [3.8, 4) is 0 Å². The van der Waals surface area contributed by atoms with Gasteiger partial charge in [-0.05, 0) is 50.4 Å². The molecule has 0 aromatic carbocycles. The Bertz CT molecular complexity index is 352. The van der Waals surface area contributed by atoms with Gasteiger partial charge in [0.25, 0.3) is 0 Å². The van der Waals surface area contributed by atoms with E-state index in [1.165, 1.54) is 25.7 Å². The van der Waals surface area contributed by atoms with Crippen molar-refractivity contribution in [2.45, 2.75) is 51.1 Å². The van der Waals surface area contributed by atoms with Crippen molar-refractivity contribution >= 4 is 18.3 Å². The fraction of sp³-hybridized carbons (Fsp3) is 0.933. The van der Waals surface area contributed by atoms with Crippen LogP contribution in [-0.4, -0.2) is 42.5 Å². The molecular formula is C15H28ClN3O. The molecule has 3 fully saturated rings. The first kappa shape index (κ1) is 16.1. The summed E-state index contributed by atoms with van der Waals surface area (Å²) in [4.78, 5) is 14.3. The number of nitrogens with one attached hydrogen (secondary N) is 1. The molecule has 0 aromatic rings. The molecule has 1 heterocycles. The summed E-state index contributed by atoms with van der Waals surface area (Å²) in [5, 5.41) is 3.23. The Labute approximate surface area is 128 Å². The highest BCUT2D eigenvalue weighted by molar-refractivity contribution is 5.85. The summed E-state index contributed by atoms with van der Waals surface area (Å²) >= 11 is 0. The number of halogens is 1. The molecular weight excluding hydrogens is 274 g/mol. The third kappa shape index (κ3) is 3.46. The number of amides is 1. The van der Waals surface area contributed by atoms with Crippen LogP contribution in [0.1, 0.15) is 39.0 Å². The minimum atomic E-state index is 0. The standard InChI is InChI=1S/C15H27N3O.ClH/c1-10(14-7-11-2-3-12(14)6-11)17-15(19)9-18-5-4-13(16)8-18;/h10-14H,2-9,16H2,1H3,(H,17,19);1H/t10?,11?,12?,13-,14?;/m1./s1. The van der Waals surface area contributed by atoms with Crippen molar-refractivity contribution in [2.24, 2.45) is 23.5 Å². The third-order valence-corrected chi connectivity index (χ3v) is 5.50. The molecule has 5 heteroatoms. The minimum Gasteiger partial charge on any atom is -0.352 e. The van der Waals surface area contributed by atoms with Crippen LogP contribution in [0.4, 0.5) is 0 Å². The average Bonchev–Trinajstić information content (AvgIpc) is 3.05. The maximum atomic E-state index is 12.1. The number of carbonyl (C=O) groups is 1. The van der Waals surface area contributed by atoms with Crippen LogP contribution in [0.25, 0.3) is 0 Å². The van der Waals surface area contributed by atoms with Crippen molar-refractivity contribution in [2.75, 3.05) is 19.6 Å². The molecule has 0 aromatic heterocycles. The monoisotopic (exact) mass is 301 g/mol. The summed E-state index contributed by atoms with van der Waals surface area (Å²) in [5.74, 6) is 2.74. The zero-order chi connectivity index (χ0) is 13.4. The van der Waals surface area contributed by atoms with Gasteiger partial charge in [0, 0.05) is 25.2 Å². The van der Waals surface area contributed by atoms with Crippen molar-refractivity contribution in [1.29, 1.82) is 0 Å². The molecule has 4 nitrogen and oxygen atoms in total. The zero-order valence-corrected chi connectivity index (χ0v) is 13.2. The van der Waals surface area contributed by atoms with Gasteiger partial charge >= 0.3 is 0 Å². The molecule has 0 radical (unpaired) electrons. The Morgan fingerprint density at radius 1 is 1.35 bits per heavy atom. The molecule has 4 unspecified atom stereocenters. The molecule has 2 bridgehead atoms. The number of carbonyl (C=O) groups excluding carboxylic acids is 1. The summed E-state index contributed by atoms with van der Waals surface area (Å²) in [6.45, 7) is 4.56. The minimum absolute atomic E-state index is 0. The number of fused-ring (bicyclic) bond motifs is 2. The van der Waals surface area contributed by atoms with Gasteiger partial charge in [0.05, 0.1) is 6.54 Å². The topological polar surface area (TPSA) is 58.4 Å². The van der Waals surface area contributed by atoms with Gasteiger partial charge in [0.1, 0.15) is 0 Å². The number of rotatable bonds is 4. The van der Waals surface area contributed by atoms with Crippen molar-refractivity contribution in [1.82, 2.24) is 10.2 Å². The summed E-state index contributed by atoms with van der Waals surface area (Å²) in [5.41, 5.74) is 5.87. The highest BCUT2D eigenvalue weighted by atomic mass is 35.5. The van der Waals surface area contributed by atoms with Crippen LogP contribution < -0.4 is 11.1 Å². The highest BCUT2D eigenvalue weighted by Gasteiger charge is 2.42. The van der Waals surface area contributed by atoms with Gasteiger partial charge in [-0.1, -0.05) is 6.42 Å². The predicted octanol–water partition coefficient (Wildman–Crippen LogP) is 1.38. The Hall–Kier alpha value is -0.320. The fourth-order valence-corrected chi connectivity index (χ4v) is 4.52. The van der Waals surface area contributed by atoms with E-state index in [0.29, 0.717) is 12.6 Å². The van der Waals surface area contributed by atoms with Gasteiger partial charge < -0.3 is 11.1 Å². The lowest BCUT2D eigenvalue weighted by Gasteiger charge is -2.29. The second kappa shape index (κ2) is 6.63. The van der Waals surface area contributed by atoms with Crippen molar-refractivity contribution < 1.29 is 4.79 Å². The molecule has 116 valence electrons. The van der Waals surface area contributed by atoms with Gasteiger partial charge in [0.15, 0.2) is 0 Å². The molecule has 3 N–H and O–H groups in total. The van der Waals surface area contributed by atoms with E-state index in [2.05, 4.69) is 17.1 Å². The fourth-order valence-electron chi connectivity index (χ4n) is 4.52. The molecule has 1 aliphatic heterocycles. The van der Waals surface area contributed by atoms with E-state index in [9.17, 15) is 4.79 Å². The van der Waals surface area contributed by atoms with Crippen LogP contribution in [0.2, 0.25) is 0 Å². The largest absolute Gasteiger partial charge is 0.352 e. The molecule has 2 aliphatic carbocycles. The van der Waals surface area contributed by atoms with Crippen molar-refractivity contribution in [3.63, 3.8) is 0 Å². The Kier molecular flexibility index (Phi) is 5.32. The molecule has 0 spiro atoms. The lowest BCUT2D eigenvalue weighted by atomic mass is 9.84. The maximum Gasteiger partial charge on any atom is 0.234 e. The van der Waals surface area contributed by atoms with Crippen LogP contribution in [0, 0.1) is 17.8 Å². The predicted molar refractivity (Wildman–Crippen MR) is 82.8 cm³/mol. The maximum absolute atomic E-state index is 12.1. The van der Waals surface area contributed by atoms with Crippen LogP contribution in [0.15, 0.2) is 0 Å². The number of likely N-dealkylation sites (tertiary alicyclic amines) is 1. The lowest BCUT2D eigenvalue weighted by molar-refractivity contribution is -0.123. The van der Waals surface area contributed by atoms with Gasteiger partial charge in [-0.3, -0.25) is 9.69 Å². The normalized spacial score (nSPS) is 37.7. The van der Waals surface area contributed by atoms with Gasteiger partial charge in [-0.15, -0.1) is 12.4 Å². The van der Waals surface area contributed by atoms with Crippen LogP contribution in [0.3, 0.4) is 0 Å². The van der Waals surface area contributed by atoms with Crippen LogP contribution in [-0.2, 0) is 4.79 Å². The van der Waals surface area contributed by atoms with E-state index in [0.717, 1.165) is 37.3 Å². The van der Waals surface area contributed by atoms with Crippen molar-refractivity contribution in [3.05, 3.63) is 0 Å². The molecule has 1 saturated heterocycles. The molecule has 20 heavy (non-hydrogen) atoms. The third-order valence-electron chi connectivity index (χ3n) is 5.50. The smallest absolute Gasteiger partial charge is 0.234 e. The van der Waals surface area contributed by atoms with E-state index in [1.807, 2.05) is 0 Å². The second-order valence-electron chi connectivity index (χ2n) is 6.98. The SMILES string of the molecule is CC(NC(=O)CN1CC[C@@H](N)C1)C1CC2CCC1C2.Cl. The first-order chi connectivity index (χ1) is 9.11. The number of nitrogens with two attached hydrogens (primary N) is 1. The first-order valence-electron chi connectivity index (χ1n) is 7.89. The number of hydrogen-bond donors (Lipinski definition) is 2. The number of nitrogens with zero attached hydrogens (tertiary/aromatic N) is 1. The molecule has 1 amide bonds. The molecule has 5 atom stereocenters. The van der Waals surface area contributed by atoms with Crippen LogP contribution in [0.5, 0.6) is 0 Å². The zero-order valence-electron chi connectivity index (χ0n) is 12.4. The summed E-state index contributed by atoms with van der Waals surface area (Å²) in [6, 6.07) is 0.606. The summed E-state index contributed by atoms with van der Waals surface area (Å²) < 4.78 is 0. The van der Waals surface area contributed by atoms with E-state index in [-0.39, 0.29) is 24.4 Å². The van der Waals surface area contributed by atoms with Gasteiger partial charge in [-0.2, -0.15) is 0 Å². The highest BCUT2D eigenvalue weighted by Crippen LogP contribution is 2.49. The van der Waals surface area contributed by atoms with Crippen LogP contribution >= 0.6 is 12.4 Å². The van der Waals surface area contributed by atoms with Gasteiger partial charge in [-0.25, -0.2) is 0 Å². The molecule has 3 aliphatic rings. The Balaban J connectivity index is 0.00000147. The summed E-state index contributed by atoms with van der Waals surface area (Å²) in [7, 11) is 0. The molecule has 2 saturated carbocycles. The van der Waals surface area contributed by atoms with E-state index >= 15 is 0 Å². The Morgan fingerprint density at radius 3 is 2.70 bits per heavy atom. The van der Waals surface area contributed by atoms with E-state index in [1.54, 1.807) is 0 Å². The average molecular weight is 302 g/mol. The first-order valence-corrected chi connectivity index (χ1v) is 7.89. The van der Waals surface area contributed by atoms with E-state index in [4.69, 9.17) is 5.73 Å². The lowest BCUT2D eigenvalue weighted by Crippen LogP contribution is -2.44. The van der Waals surface area contributed by atoms with E-state index < -0.39 is 0 Å². The summed E-state index contributed by atoms with van der Waals surface area (Å²) in [6.07, 6.45) is 6.58. The molecule has 3 rings (SSSR count). The quantitative estimate of drug-likeness (QED) is 0.825. The second-order valence-corrected chi connectivity index (χ2v) is 6.98. The number of hydrogen-bond acceptors (Lipinski definition) is 3. The van der Waals surface area contributed by atoms with Gasteiger partial charge in [0.2, 0.25) is 5.91 Å².